The van der Waals surface area contributed by atoms with Crippen LogP contribution in [-0.2, 0) is 6.42 Å². The van der Waals surface area contributed by atoms with Crippen LogP contribution in [0.3, 0.4) is 0 Å². The van der Waals surface area contributed by atoms with Crippen molar-refractivity contribution in [3.05, 3.63) is 75.7 Å². The van der Waals surface area contributed by atoms with Crippen LogP contribution in [0.15, 0.2) is 54.6 Å². The molecule has 1 N–H and O–H groups in total. The maximum atomic E-state index is 12.4. The highest BCUT2D eigenvalue weighted by atomic mass is 32.1. The number of carbonyl (C=O) groups is 1. The average Bonchev–Trinajstić information content (AvgIpc) is 3.06. The third-order valence-corrected chi connectivity index (χ3v) is 5.10. The molecule has 1 amide bonds. The van der Waals surface area contributed by atoms with Crippen LogP contribution in [-0.4, -0.2) is 31.2 Å². The summed E-state index contributed by atoms with van der Waals surface area (Å²) in [6.45, 7) is 2.67. The molecular formula is C21H22N2O3S. The van der Waals surface area contributed by atoms with Gasteiger partial charge >= 0.3 is 0 Å². The van der Waals surface area contributed by atoms with Gasteiger partial charge < -0.3 is 14.8 Å². The van der Waals surface area contributed by atoms with Crippen LogP contribution < -0.4 is 14.8 Å². The van der Waals surface area contributed by atoms with Gasteiger partial charge in [-0.1, -0.05) is 36.4 Å². The number of methoxy groups -OCH3 is 1. The molecule has 0 aliphatic rings. The topological polar surface area (TPSA) is 60.5 Å². The molecule has 0 aliphatic heterocycles. The predicted octanol–water partition coefficient (Wildman–Crippen LogP) is 3.86. The second-order valence-electron chi connectivity index (χ2n) is 5.97. The lowest BCUT2D eigenvalue weighted by atomic mass is 10.2. The van der Waals surface area contributed by atoms with Gasteiger partial charge in [-0.2, -0.15) is 0 Å². The predicted molar refractivity (Wildman–Crippen MR) is 107 cm³/mol. The summed E-state index contributed by atoms with van der Waals surface area (Å²) in [4.78, 5) is 17.6. The first-order chi connectivity index (χ1) is 13.2. The molecule has 5 nitrogen and oxygen atoms in total. The van der Waals surface area contributed by atoms with Crippen molar-refractivity contribution in [2.75, 3.05) is 20.3 Å². The Morgan fingerprint density at radius 1 is 1.11 bits per heavy atom. The van der Waals surface area contributed by atoms with E-state index in [1.807, 2.05) is 49.4 Å². The van der Waals surface area contributed by atoms with Crippen molar-refractivity contribution < 1.29 is 14.3 Å². The molecule has 3 aromatic rings. The number of hydrogen-bond donors (Lipinski definition) is 1. The summed E-state index contributed by atoms with van der Waals surface area (Å²) in [5.41, 5.74) is 1.95. The Morgan fingerprint density at radius 3 is 2.67 bits per heavy atom. The fraction of sp³-hybridized carbons (Fsp3) is 0.238. The standard InChI is InChI=1S/C21H22N2O3S/c1-15-20(27-19(23-15)13-16-7-4-3-5-8-16)21(24)22-11-12-26-18-10-6-9-17(14-18)25-2/h3-10,14H,11-13H2,1-2H3,(H,22,24). The van der Waals surface area contributed by atoms with Crippen LogP contribution in [0.4, 0.5) is 0 Å². The van der Waals surface area contributed by atoms with Gasteiger partial charge in [0.15, 0.2) is 0 Å². The Balaban J connectivity index is 1.50. The minimum atomic E-state index is -0.112. The number of ether oxygens (including phenoxy) is 2. The summed E-state index contributed by atoms with van der Waals surface area (Å²) in [6.07, 6.45) is 0.735. The molecule has 0 atom stereocenters. The average molecular weight is 382 g/mol. The van der Waals surface area contributed by atoms with Gasteiger partial charge in [0.1, 0.15) is 23.0 Å². The molecule has 0 fully saturated rings. The maximum absolute atomic E-state index is 12.4. The van der Waals surface area contributed by atoms with Crippen molar-refractivity contribution in [2.45, 2.75) is 13.3 Å². The number of nitrogens with one attached hydrogen (secondary N) is 1. The van der Waals surface area contributed by atoms with Gasteiger partial charge in [-0.05, 0) is 24.6 Å². The fourth-order valence-electron chi connectivity index (χ4n) is 2.61. The quantitative estimate of drug-likeness (QED) is 0.601. The largest absolute Gasteiger partial charge is 0.497 e. The molecule has 3 rings (SSSR count). The molecular weight excluding hydrogens is 360 g/mol. The number of carbonyl (C=O) groups excluding carboxylic acids is 1. The van der Waals surface area contributed by atoms with E-state index in [9.17, 15) is 4.79 Å². The van der Waals surface area contributed by atoms with Crippen molar-refractivity contribution in [2.24, 2.45) is 0 Å². The van der Waals surface area contributed by atoms with E-state index in [2.05, 4.69) is 22.4 Å². The third-order valence-electron chi connectivity index (χ3n) is 3.94. The van der Waals surface area contributed by atoms with Gasteiger partial charge in [-0.3, -0.25) is 4.79 Å². The number of amides is 1. The molecule has 0 unspecified atom stereocenters. The second-order valence-corrected chi connectivity index (χ2v) is 7.05. The first-order valence-corrected chi connectivity index (χ1v) is 9.52. The molecule has 1 aromatic heterocycles. The Labute approximate surface area is 163 Å². The summed E-state index contributed by atoms with van der Waals surface area (Å²) in [5, 5.41) is 3.83. The molecule has 0 saturated carbocycles. The number of hydrogen-bond acceptors (Lipinski definition) is 5. The zero-order chi connectivity index (χ0) is 19.1. The molecule has 0 saturated heterocycles. The monoisotopic (exact) mass is 382 g/mol. The van der Waals surface area contributed by atoms with Crippen LogP contribution in [0.5, 0.6) is 11.5 Å². The first kappa shape index (κ1) is 18.9. The van der Waals surface area contributed by atoms with E-state index in [4.69, 9.17) is 9.47 Å². The number of aromatic nitrogens is 1. The summed E-state index contributed by atoms with van der Waals surface area (Å²) >= 11 is 1.44. The van der Waals surface area contributed by atoms with Crippen LogP contribution in [0.25, 0.3) is 0 Å². The Morgan fingerprint density at radius 2 is 1.89 bits per heavy atom. The number of aryl methyl sites for hydroxylation is 1. The summed E-state index contributed by atoms with van der Waals surface area (Å²) in [7, 11) is 1.61. The molecule has 27 heavy (non-hydrogen) atoms. The van der Waals surface area contributed by atoms with Gasteiger partial charge in [0.05, 0.1) is 24.4 Å². The minimum Gasteiger partial charge on any atom is -0.497 e. The van der Waals surface area contributed by atoms with Gasteiger partial charge in [0, 0.05) is 12.5 Å². The van der Waals surface area contributed by atoms with E-state index in [1.54, 1.807) is 7.11 Å². The van der Waals surface area contributed by atoms with Crippen LogP contribution in [0, 0.1) is 6.92 Å². The molecule has 0 aliphatic carbocycles. The number of nitrogens with zero attached hydrogens (tertiary/aromatic N) is 1. The fourth-order valence-corrected chi connectivity index (χ4v) is 3.63. The number of benzene rings is 2. The smallest absolute Gasteiger partial charge is 0.263 e. The highest BCUT2D eigenvalue weighted by Crippen LogP contribution is 2.21. The van der Waals surface area contributed by atoms with Gasteiger partial charge in [-0.25, -0.2) is 4.98 Å². The van der Waals surface area contributed by atoms with E-state index in [-0.39, 0.29) is 5.91 Å². The summed E-state index contributed by atoms with van der Waals surface area (Å²) in [6, 6.07) is 17.5. The van der Waals surface area contributed by atoms with E-state index in [0.29, 0.717) is 23.8 Å². The lowest BCUT2D eigenvalue weighted by Crippen LogP contribution is -2.27. The van der Waals surface area contributed by atoms with Crippen molar-refractivity contribution >= 4 is 17.2 Å². The van der Waals surface area contributed by atoms with Crippen LogP contribution in [0.2, 0.25) is 0 Å². The van der Waals surface area contributed by atoms with E-state index >= 15 is 0 Å². The van der Waals surface area contributed by atoms with Crippen LogP contribution >= 0.6 is 11.3 Å². The summed E-state index contributed by atoms with van der Waals surface area (Å²) < 4.78 is 10.8. The molecule has 2 aromatic carbocycles. The summed E-state index contributed by atoms with van der Waals surface area (Å²) in [5.74, 6) is 1.34. The van der Waals surface area contributed by atoms with Crippen molar-refractivity contribution in [3.63, 3.8) is 0 Å². The zero-order valence-electron chi connectivity index (χ0n) is 15.4. The molecule has 1 heterocycles. The van der Waals surface area contributed by atoms with Gasteiger partial charge in [0.2, 0.25) is 0 Å². The SMILES string of the molecule is COc1cccc(OCCNC(=O)c2sc(Cc3ccccc3)nc2C)c1. The zero-order valence-corrected chi connectivity index (χ0v) is 16.2. The lowest BCUT2D eigenvalue weighted by Gasteiger charge is -2.08. The molecule has 6 heteroatoms. The van der Waals surface area contributed by atoms with Crippen molar-refractivity contribution in [1.29, 1.82) is 0 Å². The third kappa shape index (κ3) is 5.31. The van der Waals surface area contributed by atoms with Crippen molar-refractivity contribution in [1.82, 2.24) is 10.3 Å². The highest BCUT2D eigenvalue weighted by Gasteiger charge is 2.15. The highest BCUT2D eigenvalue weighted by molar-refractivity contribution is 7.13. The maximum Gasteiger partial charge on any atom is 0.263 e. The molecule has 0 spiro atoms. The second kappa shape index (κ2) is 9.19. The number of thiazole rings is 1. The number of rotatable bonds is 8. The molecule has 0 radical (unpaired) electrons. The van der Waals surface area contributed by atoms with Crippen LogP contribution in [0.1, 0.15) is 25.9 Å². The molecule has 140 valence electrons. The van der Waals surface area contributed by atoms with Gasteiger partial charge in [0.25, 0.3) is 5.91 Å². The molecule has 0 bridgehead atoms. The minimum absolute atomic E-state index is 0.112. The first-order valence-electron chi connectivity index (χ1n) is 8.71. The van der Waals surface area contributed by atoms with E-state index in [0.717, 1.165) is 22.9 Å². The van der Waals surface area contributed by atoms with E-state index < -0.39 is 0 Å². The van der Waals surface area contributed by atoms with Gasteiger partial charge in [-0.15, -0.1) is 11.3 Å². The van der Waals surface area contributed by atoms with E-state index in [1.165, 1.54) is 16.9 Å². The Bertz CT molecular complexity index is 893. The normalized spacial score (nSPS) is 10.4. The lowest BCUT2D eigenvalue weighted by molar-refractivity contribution is 0.0950. The Hall–Kier alpha value is -2.86. The van der Waals surface area contributed by atoms with Crippen molar-refractivity contribution in [3.8, 4) is 11.5 Å². The Kier molecular flexibility index (Phi) is 6.44.